The van der Waals surface area contributed by atoms with Crippen LogP contribution >= 0.6 is 0 Å². The van der Waals surface area contributed by atoms with Crippen molar-refractivity contribution in [2.75, 3.05) is 12.3 Å². The predicted molar refractivity (Wildman–Crippen MR) is 118 cm³/mol. The Kier molecular flexibility index (Phi) is 13.7. The van der Waals surface area contributed by atoms with Crippen molar-refractivity contribution in [2.45, 2.75) is 41.2 Å². The first kappa shape index (κ1) is 24.1. The third kappa shape index (κ3) is 9.40. The Bertz CT molecular complexity index is 768. The van der Waals surface area contributed by atoms with Crippen LogP contribution in [0.3, 0.4) is 0 Å². The van der Waals surface area contributed by atoms with E-state index in [-0.39, 0.29) is 0 Å². The van der Waals surface area contributed by atoms with Gasteiger partial charge in [-0.3, -0.25) is 4.99 Å². The molecule has 0 saturated heterocycles. The van der Waals surface area contributed by atoms with Gasteiger partial charge in [0.05, 0.1) is 18.6 Å². The number of aromatic nitrogens is 2. The van der Waals surface area contributed by atoms with E-state index in [1.54, 1.807) is 12.4 Å². The Morgan fingerprint density at radius 2 is 1.85 bits per heavy atom. The quantitative estimate of drug-likeness (QED) is 0.718. The number of anilines is 1. The highest BCUT2D eigenvalue weighted by molar-refractivity contribution is 5.31. The number of rotatable bonds is 6. The number of allylic oxidation sites excluding steroid dienone is 3. The largest absolute Gasteiger partial charge is 0.394 e. The van der Waals surface area contributed by atoms with Crippen molar-refractivity contribution < 1.29 is 0 Å². The van der Waals surface area contributed by atoms with Crippen LogP contribution in [0.4, 0.5) is 5.69 Å². The summed E-state index contributed by atoms with van der Waals surface area (Å²) in [5.74, 6) is 0. The zero-order chi connectivity index (χ0) is 20.5. The van der Waals surface area contributed by atoms with E-state index in [0.717, 1.165) is 12.1 Å². The van der Waals surface area contributed by atoms with Gasteiger partial charge in [0.25, 0.3) is 0 Å². The molecule has 0 bridgehead atoms. The number of nitrogen functional groups attached to an aromatic ring is 1. The minimum absolute atomic E-state index is 0.508. The van der Waals surface area contributed by atoms with Crippen LogP contribution in [0.2, 0.25) is 0 Å². The summed E-state index contributed by atoms with van der Waals surface area (Å²) in [6.45, 7) is 15.0. The summed E-state index contributed by atoms with van der Waals surface area (Å²) >= 11 is 0. The number of benzene rings is 1. The molecule has 0 atom stereocenters. The minimum Gasteiger partial charge on any atom is -0.394 e. The zero-order valence-corrected chi connectivity index (χ0v) is 17.4. The van der Waals surface area contributed by atoms with Gasteiger partial charge >= 0.3 is 0 Å². The van der Waals surface area contributed by atoms with Crippen LogP contribution in [0, 0.1) is 0 Å². The van der Waals surface area contributed by atoms with E-state index >= 15 is 0 Å². The van der Waals surface area contributed by atoms with Crippen LogP contribution in [0.25, 0.3) is 0 Å². The van der Waals surface area contributed by atoms with Crippen LogP contribution in [-0.2, 0) is 6.54 Å². The number of hydrogen-bond acceptors (Lipinski definition) is 3. The molecule has 0 unspecified atom stereocenters. The van der Waals surface area contributed by atoms with Gasteiger partial charge in [0, 0.05) is 12.7 Å². The van der Waals surface area contributed by atoms with E-state index in [0.29, 0.717) is 17.7 Å². The first-order valence-corrected chi connectivity index (χ1v) is 9.53. The summed E-state index contributed by atoms with van der Waals surface area (Å²) in [7, 11) is 0. The van der Waals surface area contributed by atoms with Crippen molar-refractivity contribution in [3.8, 4) is 0 Å². The standard InChI is InChI=1S/C19H22N4.2C2H6/c1-3-5-9-16(4-2)12-21-19-18(20)14-23(15-22-19)13-17-10-7-6-8-11-17;2*1-2/h3-11,14-15H,2,12-13,20H2,1H3;2*1-2H3/b5-3-,16-9+,21-19?;;. The molecule has 0 fully saturated rings. The summed E-state index contributed by atoms with van der Waals surface area (Å²) < 4.78 is 1.95. The topological polar surface area (TPSA) is 56.2 Å². The predicted octanol–water partition coefficient (Wildman–Crippen LogP) is 5.16. The van der Waals surface area contributed by atoms with Gasteiger partial charge in [0.15, 0.2) is 5.49 Å². The highest BCUT2D eigenvalue weighted by Crippen LogP contribution is 2.03. The average Bonchev–Trinajstić information content (AvgIpc) is 2.73. The minimum atomic E-state index is 0.508. The van der Waals surface area contributed by atoms with E-state index in [9.17, 15) is 0 Å². The fraction of sp³-hybridized carbons (Fsp3) is 0.304. The lowest BCUT2D eigenvalue weighted by Crippen LogP contribution is -2.18. The molecule has 1 aromatic heterocycles. The molecular weight excluding hydrogens is 332 g/mol. The second-order valence-electron chi connectivity index (χ2n) is 5.10. The molecule has 4 heteroatoms. The Balaban J connectivity index is 0.00000158. The van der Waals surface area contributed by atoms with Gasteiger partial charge in [0.1, 0.15) is 0 Å². The molecule has 0 saturated carbocycles. The first-order valence-electron chi connectivity index (χ1n) is 9.53. The molecule has 1 heterocycles. The molecule has 2 N–H and O–H groups in total. The summed E-state index contributed by atoms with van der Waals surface area (Å²) in [6.07, 6.45) is 11.3. The third-order valence-electron chi connectivity index (χ3n) is 3.28. The van der Waals surface area contributed by atoms with Crippen LogP contribution in [0.15, 0.2) is 84.3 Å². The number of nitrogens with zero attached hydrogens (tertiary/aromatic N) is 3. The summed E-state index contributed by atoms with van der Waals surface area (Å²) in [4.78, 5) is 8.81. The molecule has 0 amide bonds. The molecule has 0 aliphatic rings. The maximum absolute atomic E-state index is 6.07. The smallest absolute Gasteiger partial charge is 0.174 e. The Morgan fingerprint density at radius 3 is 2.41 bits per heavy atom. The van der Waals surface area contributed by atoms with Crippen molar-refractivity contribution in [1.82, 2.24) is 9.55 Å². The summed E-state index contributed by atoms with van der Waals surface area (Å²) in [6, 6.07) is 10.2. The van der Waals surface area contributed by atoms with Gasteiger partial charge in [-0.15, -0.1) is 0 Å². The Labute approximate surface area is 164 Å². The fourth-order valence-electron chi connectivity index (χ4n) is 2.06. The Morgan fingerprint density at radius 1 is 1.19 bits per heavy atom. The molecule has 2 aromatic rings. The lowest BCUT2D eigenvalue weighted by atomic mass is 10.2. The van der Waals surface area contributed by atoms with Crippen molar-refractivity contribution in [2.24, 2.45) is 4.99 Å². The third-order valence-corrected chi connectivity index (χ3v) is 3.28. The molecule has 27 heavy (non-hydrogen) atoms. The number of hydrogen-bond donors (Lipinski definition) is 1. The summed E-state index contributed by atoms with van der Waals surface area (Å²) in [5, 5.41) is 0. The van der Waals surface area contributed by atoms with Gasteiger partial charge in [-0.25, -0.2) is 4.98 Å². The maximum atomic E-state index is 6.07. The first-order chi connectivity index (χ1) is 13.2. The molecule has 146 valence electrons. The zero-order valence-electron chi connectivity index (χ0n) is 17.4. The van der Waals surface area contributed by atoms with Crippen molar-refractivity contribution in [3.05, 3.63) is 90.4 Å². The summed E-state index contributed by atoms with van der Waals surface area (Å²) in [5.41, 5.74) is 9.41. The monoisotopic (exact) mass is 366 g/mol. The molecule has 0 aliphatic carbocycles. The van der Waals surface area contributed by atoms with Gasteiger partial charge in [-0.2, -0.15) is 0 Å². The second kappa shape index (κ2) is 15.4. The lowest BCUT2D eigenvalue weighted by molar-refractivity contribution is 0.758. The molecule has 0 spiro atoms. The molecule has 0 aliphatic heterocycles. The van der Waals surface area contributed by atoms with Crippen molar-refractivity contribution in [3.63, 3.8) is 0 Å². The van der Waals surface area contributed by atoms with Gasteiger partial charge in [-0.05, 0) is 18.1 Å². The van der Waals surface area contributed by atoms with Crippen molar-refractivity contribution >= 4 is 5.69 Å². The normalized spacial score (nSPS) is 11.3. The average molecular weight is 367 g/mol. The maximum Gasteiger partial charge on any atom is 0.174 e. The van der Waals surface area contributed by atoms with E-state index in [1.807, 2.05) is 81.8 Å². The van der Waals surface area contributed by atoms with Crippen molar-refractivity contribution in [1.29, 1.82) is 0 Å². The van der Waals surface area contributed by atoms with E-state index in [1.165, 1.54) is 5.56 Å². The van der Waals surface area contributed by atoms with Gasteiger partial charge in [0.2, 0.25) is 0 Å². The highest BCUT2D eigenvalue weighted by atomic mass is 15.0. The SMILES string of the molecule is C=C/C(=C\C=C/C)CN=c1ncn(Cc2ccccc2)cc1N.CC.CC. The second-order valence-corrected chi connectivity index (χ2v) is 5.10. The van der Waals surface area contributed by atoms with Crippen LogP contribution in [-0.4, -0.2) is 16.1 Å². The van der Waals surface area contributed by atoms with E-state index in [4.69, 9.17) is 5.73 Å². The van der Waals surface area contributed by atoms with Crippen LogP contribution < -0.4 is 11.2 Å². The fourth-order valence-corrected chi connectivity index (χ4v) is 2.06. The molecule has 2 rings (SSSR count). The molecule has 4 nitrogen and oxygen atoms in total. The lowest BCUT2D eigenvalue weighted by Gasteiger charge is -2.07. The van der Waals surface area contributed by atoms with Gasteiger partial charge < -0.3 is 10.3 Å². The van der Waals surface area contributed by atoms with Crippen LogP contribution in [0.1, 0.15) is 40.2 Å². The van der Waals surface area contributed by atoms with Crippen LogP contribution in [0.5, 0.6) is 0 Å². The molecule has 1 aromatic carbocycles. The molecule has 0 radical (unpaired) electrons. The van der Waals surface area contributed by atoms with Gasteiger partial charge in [-0.1, -0.05) is 88.9 Å². The van der Waals surface area contributed by atoms with E-state index < -0.39 is 0 Å². The number of nitrogens with two attached hydrogens (primary N) is 1. The highest BCUT2D eigenvalue weighted by Gasteiger charge is 1.98. The Hall–Kier alpha value is -2.88. The molecular formula is C23H34N4. The van der Waals surface area contributed by atoms with E-state index in [2.05, 4.69) is 28.7 Å².